The standard InChI is InChI=1S/C19H25N5O3S/c1-12(11-25)21-19-22-17(14-2-3-14)9-18(23-19)24-7-6-13-4-5-16(28(20,26)27)8-15(13)10-24/h4-5,8-9,12,14,25H,2-3,6-7,10-11H2,1H3,(H2,20,26,27)(H,21,22,23)/t12-/m0/s1. The number of nitrogens with zero attached hydrogens (tertiary/aromatic N) is 3. The van der Waals surface area contributed by atoms with Crippen molar-refractivity contribution in [1.29, 1.82) is 0 Å². The summed E-state index contributed by atoms with van der Waals surface area (Å²) < 4.78 is 23.4. The number of primary sulfonamides is 1. The Hall–Kier alpha value is -2.23. The van der Waals surface area contributed by atoms with E-state index < -0.39 is 10.0 Å². The molecule has 4 rings (SSSR count). The van der Waals surface area contributed by atoms with Crippen molar-refractivity contribution in [3.63, 3.8) is 0 Å². The predicted octanol–water partition coefficient (Wildman–Crippen LogP) is 1.36. The number of hydrogen-bond donors (Lipinski definition) is 3. The fraction of sp³-hybridized carbons (Fsp3) is 0.474. The van der Waals surface area contributed by atoms with Crippen LogP contribution in [0, 0.1) is 0 Å². The number of aliphatic hydroxyl groups is 1. The molecule has 0 saturated heterocycles. The maximum atomic E-state index is 11.7. The highest BCUT2D eigenvalue weighted by Crippen LogP contribution is 2.40. The van der Waals surface area contributed by atoms with Crippen LogP contribution in [0.25, 0.3) is 0 Å². The van der Waals surface area contributed by atoms with Crippen LogP contribution in [0.1, 0.15) is 42.5 Å². The molecule has 2 heterocycles. The largest absolute Gasteiger partial charge is 0.394 e. The van der Waals surface area contributed by atoms with Crippen LogP contribution in [0.2, 0.25) is 0 Å². The number of hydrogen-bond acceptors (Lipinski definition) is 7. The van der Waals surface area contributed by atoms with Crippen LogP contribution in [0.5, 0.6) is 0 Å². The Morgan fingerprint density at radius 2 is 2.07 bits per heavy atom. The van der Waals surface area contributed by atoms with Gasteiger partial charge in [0.2, 0.25) is 16.0 Å². The second-order valence-electron chi connectivity index (χ2n) is 7.62. The second-order valence-corrected chi connectivity index (χ2v) is 9.19. The fourth-order valence-electron chi connectivity index (χ4n) is 3.44. The van der Waals surface area contributed by atoms with Crippen LogP contribution in [-0.2, 0) is 23.0 Å². The number of rotatable bonds is 6. The monoisotopic (exact) mass is 403 g/mol. The lowest BCUT2D eigenvalue weighted by atomic mass is 10.00. The summed E-state index contributed by atoms with van der Waals surface area (Å²) in [6.07, 6.45) is 3.07. The van der Waals surface area contributed by atoms with Crippen LogP contribution < -0.4 is 15.4 Å². The van der Waals surface area contributed by atoms with E-state index in [2.05, 4.69) is 20.2 Å². The van der Waals surface area contributed by atoms with E-state index >= 15 is 0 Å². The van der Waals surface area contributed by atoms with Gasteiger partial charge in [0.1, 0.15) is 5.82 Å². The molecule has 8 nitrogen and oxygen atoms in total. The average Bonchev–Trinajstić information content (AvgIpc) is 3.51. The highest BCUT2D eigenvalue weighted by atomic mass is 32.2. The van der Waals surface area contributed by atoms with Crippen LogP contribution in [0.15, 0.2) is 29.2 Å². The van der Waals surface area contributed by atoms with Gasteiger partial charge in [0, 0.05) is 31.1 Å². The number of sulfonamides is 1. The maximum Gasteiger partial charge on any atom is 0.238 e. The van der Waals surface area contributed by atoms with Crippen molar-refractivity contribution in [2.45, 2.75) is 49.6 Å². The molecule has 150 valence electrons. The van der Waals surface area contributed by atoms with Gasteiger partial charge >= 0.3 is 0 Å². The third kappa shape index (κ3) is 4.11. The number of benzene rings is 1. The maximum absolute atomic E-state index is 11.7. The lowest BCUT2D eigenvalue weighted by molar-refractivity contribution is 0.281. The molecule has 2 aromatic rings. The fourth-order valence-corrected chi connectivity index (χ4v) is 4.00. The summed E-state index contributed by atoms with van der Waals surface area (Å²) in [4.78, 5) is 11.5. The molecule has 0 unspecified atom stereocenters. The van der Waals surface area contributed by atoms with E-state index in [9.17, 15) is 13.5 Å². The van der Waals surface area contributed by atoms with Gasteiger partial charge in [-0.05, 0) is 49.4 Å². The molecule has 1 saturated carbocycles. The smallest absolute Gasteiger partial charge is 0.238 e. The summed E-state index contributed by atoms with van der Waals surface area (Å²) in [7, 11) is -3.73. The van der Waals surface area contributed by atoms with Gasteiger partial charge in [-0.3, -0.25) is 0 Å². The molecule has 0 spiro atoms. The summed E-state index contributed by atoms with van der Waals surface area (Å²) in [5, 5.41) is 17.8. The Bertz CT molecular complexity index is 991. The van der Waals surface area contributed by atoms with Crippen LogP contribution in [0.4, 0.5) is 11.8 Å². The molecule has 1 aliphatic carbocycles. The third-order valence-electron chi connectivity index (χ3n) is 5.22. The molecular weight excluding hydrogens is 378 g/mol. The first-order valence-electron chi connectivity index (χ1n) is 9.49. The van der Waals surface area contributed by atoms with Crippen molar-refractivity contribution in [3.05, 3.63) is 41.1 Å². The van der Waals surface area contributed by atoms with E-state index in [0.29, 0.717) is 18.4 Å². The van der Waals surface area contributed by atoms with Crippen molar-refractivity contribution in [3.8, 4) is 0 Å². The van der Waals surface area contributed by atoms with Crippen molar-refractivity contribution >= 4 is 21.8 Å². The van der Waals surface area contributed by atoms with E-state index in [1.165, 1.54) is 0 Å². The highest BCUT2D eigenvalue weighted by molar-refractivity contribution is 7.89. The van der Waals surface area contributed by atoms with E-state index in [4.69, 9.17) is 5.14 Å². The molecule has 28 heavy (non-hydrogen) atoms. The minimum Gasteiger partial charge on any atom is -0.394 e. The van der Waals surface area contributed by atoms with Gasteiger partial charge in [0.25, 0.3) is 0 Å². The topological polar surface area (TPSA) is 121 Å². The Balaban J connectivity index is 1.64. The molecule has 1 fully saturated rings. The second kappa shape index (κ2) is 7.31. The minimum atomic E-state index is -3.73. The van der Waals surface area contributed by atoms with Gasteiger partial charge in [0.05, 0.1) is 17.2 Å². The van der Waals surface area contributed by atoms with Crippen molar-refractivity contribution in [1.82, 2.24) is 9.97 Å². The molecule has 0 amide bonds. The van der Waals surface area contributed by atoms with Crippen molar-refractivity contribution in [2.75, 3.05) is 23.4 Å². The molecule has 9 heteroatoms. The van der Waals surface area contributed by atoms with Gasteiger partial charge in [-0.15, -0.1) is 0 Å². The number of nitrogens with one attached hydrogen (secondary N) is 1. The Morgan fingerprint density at radius 3 is 2.75 bits per heavy atom. The molecule has 0 bridgehead atoms. The summed E-state index contributed by atoms with van der Waals surface area (Å²) in [6.45, 7) is 3.23. The SMILES string of the molecule is C[C@@H](CO)Nc1nc(C2CC2)cc(N2CCc3ccc(S(N)(=O)=O)cc3C2)n1. The number of fused-ring (bicyclic) bond motifs is 1. The summed E-state index contributed by atoms with van der Waals surface area (Å²) in [5.41, 5.74) is 3.09. The zero-order chi connectivity index (χ0) is 19.9. The molecule has 2 aliphatic rings. The lowest BCUT2D eigenvalue weighted by Crippen LogP contribution is -2.32. The predicted molar refractivity (Wildman–Crippen MR) is 107 cm³/mol. The summed E-state index contributed by atoms with van der Waals surface area (Å²) in [6, 6.07) is 6.96. The van der Waals surface area contributed by atoms with Gasteiger partial charge in [-0.25, -0.2) is 18.5 Å². The van der Waals surface area contributed by atoms with Gasteiger partial charge < -0.3 is 15.3 Å². The number of aromatic nitrogens is 2. The van der Waals surface area contributed by atoms with Gasteiger partial charge in [-0.2, -0.15) is 4.98 Å². The number of aliphatic hydroxyl groups excluding tert-OH is 1. The lowest BCUT2D eigenvalue weighted by Gasteiger charge is -2.30. The number of nitrogens with two attached hydrogens (primary N) is 1. The Morgan fingerprint density at radius 1 is 1.29 bits per heavy atom. The zero-order valence-corrected chi connectivity index (χ0v) is 16.6. The minimum absolute atomic E-state index is 0.000220. The van der Waals surface area contributed by atoms with Crippen molar-refractivity contribution < 1.29 is 13.5 Å². The molecule has 1 aromatic carbocycles. The molecule has 0 radical (unpaired) electrons. The molecular formula is C19H25N5O3S. The summed E-state index contributed by atoms with van der Waals surface area (Å²) >= 11 is 0. The van der Waals surface area contributed by atoms with E-state index in [-0.39, 0.29) is 17.5 Å². The van der Waals surface area contributed by atoms with Crippen LogP contribution in [-0.4, -0.2) is 42.7 Å². The Kier molecular flexibility index (Phi) is 4.98. The Labute approximate surface area is 164 Å². The molecule has 1 aromatic heterocycles. The zero-order valence-electron chi connectivity index (χ0n) is 15.8. The van der Waals surface area contributed by atoms with E-state index in [0.717, 1.165) is 48.4 Å². The molecule has 4 N–H and O–H groups in total. The first kappa shape index (κ1) is 19.1. The van der Waals surface area contributed by atoms with Gasteiger partial charge in [-0.1, -0.05) is 6.07 Å². The number of anilines is 2. The van der Waals surface area contributed by atoms with Crippen LogP contribution >= 0.6 is 0 Å². The first-order valence-corrected chi connectivity index (χ1v) is 11.0. The molecule has 1 atom stereocenters. The highest BCUT2D eigenvalue weighted by Gasteiger charge is 2.28. The van der Waals surface area contributed by atoms with Crippen molar-refractivity contribution in [2.24, 2.45) is 5.14 Å². The first-order chi connectivity index (χ1) is 13.3. The average molecular weight is 404 g/mol. The van der Waals surface area contributed by atoms with Crippen LogP contribution in [0.3, 0.4) is 0 Å². The molecule has 1 aliphatic heterocycles. The van der Waals surface area contributed by atoms with Gasteiger partial charge in [0.15, 0.2) is 0 Å². The van der Waals surface area contributed by atoms with E-state index in [1.54, 1.807) is 12.1 Å². The third-order valence-corrected chi connectivity index (χ3v) is 6.13. The summed E-state index contributed by atoms with van der Waals surface area (Å²) in [5.74, 6) is 1.80. The van der Waals surface area contributed by atoms with E-state index in [1.807, 2.05) is 19.1 Å². The normalized spacial score (nSPS) is 17.9. The quantitative estimate of drug-likeness (QED) is 0.666.